The number of benzene rings is 3. The summed E-state index contributed by atoms with van der Waals surface area (Å²) in [7, 11) is 0. The Labute approximate surface area is 203 Å². The van der Waals surface area contributed by atoms with Gasteiger partial charge in [-0.25, -0.2) is 0 Å². The first-order valence-electron chi connectivity index (χ1n) is 11.8. The van der Waals surface area contributed by atoms with Crippen molar-refractivity contribution in [3.63, 3.8) is 0 Å². The number of hydrogen-bond acceptors (Lipinski definition) is 6. The molecule has 0 radical (unpaired) electrons. The molecule has 0 aromatic heterocycles. The Kier molecular flexibility index (Phi) is 6.31. The van der Waals surface area contributed by atoms with E-state index in [0.29, 0.717) is 29.1 Å². The van der Waals surface area contributed by atoms with Crippen LogP contribution in [0.2, 0.25) is 0 Å². The molecule has 0 saturated carbocycles. The number of nitrogens with one attached hydrogen (secondary N) is 3. The summed E-state index contributed by atoms with van der Waals surface area (Å²) in [5.41, 5.74) is 13.1. The second-order valence-electron chi connectivity index (χ2n) is 8.82. The van der Waals surface area contributed by atoms with Gasteiger partial charge in [-0.15, -0.1) is 0 Å². The zero-order chi connectivity index (χ0) is 24.4. The minimum absolute atomic E-state index is 0.0597. The molecule has 1 amide bonds. The fraction of sp³-hybridized carbons (Fsp3) is 0.222. The van der Waals surface area contributed by atoms with Crippen LogP contribution in [0.4, 0.5) is 17.1 Å². The van der Waals surface area contributed by atoms with Gasteiger partial charge in [0.05, 0.1) is 16.2 Å². The summed E-state index contributed by atoms with van der Waals surface area (Å²) < 4.78 is 0. The lowest BCUT2D eigenvalue weighted by atomic mass is 9.97. The van der Waals surface area contributed by atoms with E-state index in [1.54, 1.807) is 6.07 Å². The predicted octanol–water partition coefficient (Wildman–Crippen LogP) is 4.06. The van der Waals surface area contributed by atoms with Crippen LogP contribution in [0.1, 0.15) is 34.2 Å². The van der Waals surface area contributed by atoms with Gasteiger partial charge in [-0.3, -0.25) is 14.9 Å². The Morgan fingerprint density at radius 3 is 2.66 bits per heavy atom. The smallest absolute Gasteiger partial charge is 0.270 e. The summed E-state index contributed by atoms with van der Waals surface area (Å²) in [5.74, 6) is -0.294. The normalized spacial score (nSPS) is 15.7. The molecule has 5 N–H and O–H groups in total. The highest BCUT2D eigenvalue weighted by Crippen LogP contribution is 2.39. The number of nitro benzene ring substituents is 1. The highest BCUT2D eigenvalue weighted by atomic mass is 16.6. The number of hydrogen-bond donors (Lipinski definition) is 4. The molecule has 178 valence electrons. The zero-order valence-corrected chi connectivity index (χ0v) is 19.3. The summed E-state index contributed by atoms with van der Waals surface area (Å²) >= 11 is 0. The highest BCUT2D eigenvalue weighted by molar-refractivity contribution is 6.37. The summed E-state index contributed by atoms with van der Waals surface area (Å²) in [6.07, 6.45) is 2.71. The molecule has 0 unspecified atom stereocenters. The Hall–Kier alpha value is -4.01. The molecule has 0 aliphatic carbocycles. The van der Waals surface area contributed by atoms with E-state index in [4.69, 9.17) is 5.73 Å². The van der Waals surface area contributed by atoms with Gasteiger partial charge in [-0.05, 0) is 72.8 Å². The van der Waals surface area contributed by atoms with E-state index in [-0.39, 0.29) is 11.6 Å². The number of nitro groups is 1. The average molecular weight is 470 g/mol. The lowest BCUT2D eigenvalue weighted by Crippen LogP contribution is -2.23. The van der Waals surface area contributed by atoms with Crippen molar-refractivity contribution in [1.29, 1.82) is 0 Å². The lowest BCUT2D eigenvalue weighted by molar-refractivity contribution is -0.384. The van der Waals surface area contributed by atoms with E-state index in [9.17, 15) is 14.9 Å². The maximum Gasteiger partial charge on any atom is 0.270 e. The predicted molar refractivity (Wildman–Crippen MR) is 138 cm³/mol. The molecule has 5 rings (SSSR count). The van der Waals surface area contributed by atoms with Gasteiger partial charge in [-0.1, -0.05) is 30.3 Å². The number of carbonyl (C=O) groups is 1. The van der Waals surface area contributed by atoms with Crippen LogP contribution in [0.15, 0.2) is 60.7 Å². The van der Waals surface area contributed by atoms with Crippen molar-refractivity contribution >= 4 is 34.2 Å². The van der Waals surface area contributed by atoms with Crippen molar-refractivity contribution in [3.05, 3.63) is 98.6 Å². The molecule has 3 aromatic carbocycles. The largest absolute Gasteiger partial charge is 0.354 e. The number of nitrogens with two attached hydrogens (primary N) is 1. The summed E-state index contributed by atoms with van der Waals surface area (Å²) in [4.78, 5) is 24.1. The number of fused-ring (bicyclic) bond motifs is 2. The Morgan fingerprint density at radius 2 is 1.89 bits per heavy atom. The van der Waals surface area contributed by atoms with E-state index in [2.05, 4.69) is 28.1 Å². The number of rotatable bonds is 7. The first kappa shape index (κ1) is 22.8. The fourth-order valence-electron chi connectivity index (χ4n) is 4.64. The van der Waals surface area contributed by atoms with Gasteiger partial charge in [0.1, 0.15) is 0 Å². The maximum atomic E-state index is 13.2. The number of non-ortho nitro benzene ring substituents is 1. The molecule has 0 spiro atoms. The molecule has 0 bridgehead atoms. The molecular weight excluding hydrogens is 442 g/mol. The van der Waals surface area contributed by atoms with E-state index in [1.807, 2.05) is 30.3 Å². The second-order valence-corrected chi connectivity index (χ2v) is 8.82. The van der Waals surface area contributed by atoms with Crippen molar-refractivity contribution in [2.24, 2.45) is 5.73 Å². The number of aryl methyl sites for hydroxylation is 1. The highest BCUT2D eigenvalue weighted by Gasteiger charge is 2.30. The van der Waals surface area contributed by atoms with Crippen LogP contribution in [0.5, 0.6) is 0 Å². The molecule has 8 nitrogen and oxygen atoms in total. The van der Waals surface area contributed by atoms with Gasteiger partial charge < -0.3 is 21.7 Å². The maximum absolute atomic E-state index is 13.2. The standard InChI is InChI=1S/C27H27N5O3/c28-12-1-2-17-3-5-18(6-4-17)26(30-21-8-7-20-16-29-13-11-19(20)14-21)25-23-15-22(32(34)35)9-10-24(23)31-27(25)33/h3-10,14-15,29-30H,1-2,11-13,16,28H2,(H,31,33). The van der Waals surface area contributed by atoms with Gasteiger partial charge >= 0.3 is 0 Å². The summed E-state index contributed by atoms with van der Waals surface area (Å²) in [6.45, 7) is 2.39. The molecular formula is C27H27N5O3. The van der Waals surface area contributed by atoms with Gasteiger partial charge in [0.25, 0.3) is 11.6 Å². The first-order valence-corrected chi connectivity index (χ1v) is 11.8. The second kappa shape index (κ2) is 9.69. The van der Waals surface area contributed by atoms with Crippen molar-refractivity contribution < 1.29 is 9.72 Å². The van der Waals surface area contributed by atoms with Gasteiger partial charge in [0.2, 0.25) is 0 Å². The van der Waals surface area contributed by atoms with Gasteiger partial charge in [0, 0.05) is 35.6 Å². The molecule has 0 saturated heterocycles. The minimum atomic E-state index is -0.447. The first-order chi connectivity index (χ1) is 17.0. The van der Waals surface area contributed by atoms with Crippen LogP contribution < -0.4 is 21.7 Å². The number of carbonyl (C=O) groups excluding carboxylic acids is 1. The quantitative estimate of drug-likeness (QED) is 0.235. The fourth-order valence-corrected chi connectivity index (χ4v) is 4.64. The third-order valence-electron chi connectivity index (χ3n) is 6.48. The Morgan fingerprint density at radius 1 is 1.06 bits per heavy atom. The zero-order valence-electron chi connectivity index (χ0n) is 19.3. The van der Waals surface area contributed by atoms with Crippen molar-refractivity contribution in [3.8, 4) is 0 Å². The van der Waals surface area contributed by atoms with Crippen LogP contribution in [0.3, 0.4) is 0 Å². The number of amides is 1. The van der Waals surface area contributed by atoms with Crippen LogP contribution in [0.25, 0.3) is 11.3 Å². The van der Waals surface area contributed by atoms with Crippen LogP contribution in [-0.4, -0.2) is 23.9 Å². The SMILES string of the molecule is NCCCc1ccc(C(Nc2ccc3c(c2)CCNC3)=C2C(=O)Nc3ccc([N+](=O)[O-])cc32)cc1. The third-order valence-corrected chi connectivity index (χ3v) is 6.48. The summed E-state index contributed by atoms with van der Waals surface area (Å²) in [6, 6.07) is 18.7. The van der Waals surface area contributed by atoms with Crippen molar-refractivity contribution in [2.45, 2.75) is 25.8 Å². The van der Waals surface area contributed by atoms with Crippen molar-refractivity contribution in [2.75, 3.05) is 23.7 Å². The van der Waals surface area contributed by atoms with E-state index >= 15 is 0 Å². The lowest BCUT2D eigenvalue weighted by Gasteiger charge is -2.20. The molecule has 2 aliphatic heterocycles. The van der Waals surface area contributed by atoms with Gasteiger partial charge in [0.15, 0.2) is 0 Å². The van der Waals surface area contributed by atoms with Crippen LogP contribution in [0, 0.1) is 10.1 Å². The third kappa shape index (κ3) is 4.66. The van der Waals surface area contributed by atoms with E-state index < -0.39 is 4.92 Å². The van der Waals surface area contributed by atoms with Crippen molar-refractivity contribution in [1.82, 2.24) is 5.32 Å². The van der Waals surface area contributed by atoms with E-state index in [1.165, 1.54) is 23.3 Å². The molecule has 2 heterocycles. The average Bonchev–Trinajstić information content (AvgIpc) is 3.21. The Balaban J connectivity index is 1.62. The molecule has 35 heavy (non-hydrogen) atoms. The number of nitrogens with zero attached hydrogens (tertiary/aromatic N) is 1. The molecule has 2 aliphatic rings. The molecule has 0 fully saturated rings. The molecule has 8 heteroatoms. The monoisotopic (exact) mass is 469 g/mol. The molecule has 3 aromatic rings. The van der Waals surface area contributed by atoms with Crippen LogP contribution in [-0.2, 0) is 24.2 Å². The number of anilines is 2. The van der Waals surface area contributed by atoms with E-state index in [0.717, 1.165) is 49.2 Å². The topological polar surface area (TPSA) is 122 Å². The minimum Gasteiger partial charge on any atom is -0.354 e. The van der Waals surface area contributed by atoms with Gasteiger partial charge in [-0.2, -0.15) is 0 Å². The Bertz CT molecular complexity index is 1330. The summed E-state index contributed by atoms with van der Waals surface area (Å²) in [5, 5.41) is 21.1. The molecule has 0 atom stereocenters. The van der Waals surface area contributed by atoms with Crippen LogP contribution >= 0.6 is 0 Å².